The summed E-state index contributed by atoms with van der Waals surface area (Å²) >= 11 is 0. The Morgan fingerprint density at radius 2 is 1.73 bits per heavy atom. The lowest BCUT2D eigenvalue weighted by atomic mass is 10.1. The summed E-state index contributed by atoms with van der Waals surface area (Å²) in [6.45, 7) is 9.78. The standard InChI is InChI=1S/C21H25NO4/c1-6-25-21(24)17-7-9-18(10-8-17)22-20(23)16(5)26-19-12-13(2)11-14(3)15(19)4/h7-12,16H,6H2,1-5H3,(H,22,23). The second kappa shape index (κ2) is 8.52. The Labute approximate surface area is 154 Å². The van der Waals surface area contributed by atoms with Crippen LogP contribution in [0.1, 0.15) is 40.9 Å². The highest BCUT2D eigenvalue weighted by Gasteiger charge is 2.17. The van der Waals surface area contributed by atoms with E-state index < -0.39 is 6.10 Å². The first-order valence-electron chi connectivity index (χ1n) is 8.64. The van der Waals surface area contributed by atoms with Crippen LogP contribution >= 0.6 is 0 Å². The van der Waals surface area contributed by atoms with Crippen LogP contribution in [-0.4, -0.2) is 24.6 Å². The molecular weight excluding hydrogens is 330 g/mol. The molecule has 5 nitrogen and oxygen atoms in total. The highest BCUT2D eigenvalue weighted by Crippen LogP contribution is 2.24. The number of esters is 1. The van der Waals surface area contributed by atoms with Gasteiger partial charge in [0.25, 0.3) is 5.91 Å². The molecule has 1 atom stereocenters. The molecule has 0 saturated carbocycles. The number of ether oxygens (including phenoxy) is 2. The summed E-state index contributed by atoms with van der Waals surface area (Å²) in [4.78, 5) is 24.0. The van der Waals surface area contributed by atoms with E-state index in [-0.39, 0.29) is 11.9 Å². The van der Waals surface area contributed by atoms with Gasteiger partial charge in [-0.05, 0) is 81.6 Å². The Hall–Kier alpha value is -2.82. The molecule has 0 aromatic heterocycles. The Morgan fingerprint density at radius 3 is 2.35 bits per heavy atom. The molecule has 138 valence electrons. The summed E-state index contributed by atoms with van der Waals surface area (Å²) in [5.41, 5.74) is 4.28. The summed E-state index contributed by atoms with van der Waals surface area (Å²) in [5, 5.41) is 2.79. The molecule has 0 saturated heterocycles. The zero-order chi connectivity index (χ0) is 19.3. The summed E-state index contributed by atoms with van der Waals surface area (Å²) in [6, 6.07) is 10.6. The maximum atomic E-state index is 12.4. The fourth-order valence-corrected chi connectivity index (χ4v) is 2.52. The first-order valence-corrected chi connectivity index (χ1v) is 8.64. The Bertz CT molecular complexity index is 796. The van der Waals surface area contributed by atoms with Gasteiger partial charge in [0.15, 0.2) is 6.10 Å². The van der Waals surface area contributed by atoms with Crippen molar-refractivity contribution < 1.29 is 19.1 Å². The van der Waals surface area contributed by atoms with E-state index in [0.29, 0.717) is 23.6 Å². The van der Waals surface area contributed by atoms with Crippen LogP contribution < -0.4 is 10.1 Å². The van der Waals surface area contributed by atoms with Crippen LogP contribution in [0.2, 0.25) is 0 Å². The number of aryl methyl sites for hydroxylation is 2. The molecule has 0 bridgehead atoms. The van der Waals surface area contributed by atoms with Gasteiger partial charge in [-0.2, -0.15) is 0 Å². The maximum absolute atomic E-state index is 12.4. The second-order valence-corrected chi connectivity index (χ2v) is 6.25. The maximum Gasteiger partial charge on any atom is 0.338 e. The Kier molecular flexibility index (Phi) is 6.39. The monoisotopic (exact) mass is 355 g/mol. The molecule has 2 rings (SSSR count). The minimum atomic E-state index is -0.653. The summed E-state index contributed by atoms with van der Waals surface area (Å²) in [6.07, 6.45) is -0.653. The molecular formula is C21H25NO4. The van der Waals surface area contributed by atoms with Crippen molar-refractivity contribution in [2.24, 2.45) is 0 Å². The molecule has 1 amide bonds. The third-order valence-electron chi connectivity index (χ3n) is 4.10. The molecule has 0 aliphatic rings. The highest BCUT2D eigenvalue weighted by molar-refractivity contribution is 5.95. The van der Waals surface area contributed by atoms with Gasteiger partial charge in [0, 0.05) is 5.69 Å². The summed E-state index contributed by atoms with van der Waals surface area (Å²) in [7, 11) is 0. The fourth-order valence-electron chi connectivity index (χ4n) is 2.52. The molecule has 0 fully saturated rings. The number of benzene rings is 2. The summed E-state index contributed by atoms with van der Waals surface area (Å²) < 4.78 is 10.8. The number of hydrogen-bond donors (Lipinski definition) is 1. The van der Waals surface area contributed by atoms with Gasteiger partial charge < -0.3 is 14.8 Å². The van der Waals surface area contributed by atoms with Crippen molar-refractivity contribution in [3.05, 3.63) is 58.7 Å². The molecule has 0 radical (unpaired) electrons. The van der Waals surface area contributed by atoms with E-state index in [4.69, 9.17) is 9.47 Å². The first-order chi connectivity index (χ1) is 12.3. The van der Waals surface area contributed by atoms with Crippen molar-refractivity contribution in [3.8, 4) is 5.75 Å². The van der Waals surface area contributed by atoms with Gasteiger partial charge in [0.2, 0.25) is 0 Å². The smallest absolute Gasteiger partial charge is 0.338 e. The topological polar surface area (TPSA) is 64.6 Å². The third-order valence-corrected chi connectivity index (χ3v) is 4.10. The molecule has 1 unspecified atom stereocenters. The Morgan fingerprint density at radius 1 is 1.08 bits per heavy atom. The number of nitrogens with one attached hydrogen (secondary N) is 1. The lowest BCUT2D eigenvalue weighted by Gasteiger charge is -2.18. The van der Waals surface area contributed by atoms with Crippen molar-refractivity contribution in [1.29, 1.82) is 0 Å². The van der Waals surface area contributed by atoms with Crippen molar-refractivity contribution in [3.63, 3.8) is 0 Å². The van der Waals surface area contributed by atoms with E-state index >= 15 is 0 Å². The van der Waals surface area contributed by atoms with Gasteiger partial charge in [0.05, 0.1) is 12.2 Å². The second-order valence-electron chi connectivity index (χ2n) is 6.25. The molecule has 0 aliphatic heterocycles. The Balaban J connectivity index is 2.02. The zero-order valence-electron chi connectivity index (χ0n) is 15.9. The van der Waals surface area contributed by atoms with E-state index in [1.54, 1.807) is 38.1 Å². The molecule has 1 N–H and O–H groups in total. The van der Waals surface area contributed by atoms with Gasteiger partial charge in [-0.25, -0.2) is 4.79 Å². The quantitative estimate of drug-likeness (QED) is 0.789. The van der Waals surface area contributed by atoms with Gasteiger partial charge in [-0.1, -0.05) is 6.07 Å². The number of carbonyl (C=O) groups excluding carboxylic acids is 2. The van der Waals surface area contributed by atoms with Crippen molar-refractivity contribution in [1.82, 2.24) is 0 Å². The minimum absolute atomic E-state index is 0.257. The van der Waals surface area contributed by atoms with E-state index in [0.717, 1.165) is 16.7 Å². The number of anilines is 1. The minimum Gasteiger partial charge on any atom is -0.481 e. The third kappa shape index (κ3) is 4.85. The predicted octanol–water partition coefficient (Wildman–Crippen LogP) is 4.19. The average Bonchev–Trinajstić information content (AvgIpc) is 2.60. The lowest BCUT2D eigenvalue weighted by molar-refractivity contribution is -0.122. The highest BCUT2D eigenvalue weighted by atomic mass is 16.5. The van der Waals surface area contributed by atoms with Gasteiger partial charge in [-0.3, -0.25) is 4.79 Å². The van der Waals surface area contributed by atoms with Crippen LogP contribution in [0, 0.1) is 20.8 Å². The molecule has 0 aliphatic carbocycles. The van der Waals surface area contributed by atoms with Crippen molar-refractivity contribution in [2.75, 3.05) is 11.9 Å². The number of hydrogen-bond acceptors (Lipinski definition) is 4. The lowest BCUT2D eigenvalue weighted by Crippen LogP contribution is -2.30. The van der Waals surface area contributed by atoms with Crippen LogP contribution in [0.4, 0.5) is 5.69 Å². The normalized spacial score (nSPS) is 11.6. The largest absolute Gasteiger partial charge is 0.481 e. The predicted molar refractivity (Wildman–Crippen MR) is 102 cm³/mol. The number of carbonyl (C=O) groups is 2. The van der Waals surface area contributed by atoms with Crippen LogP contribution in [0.5, 0.6) is 5.75 Å². The molecule has 2 aromatic carbocycles. The van der Waals surface area contributed by atoms with Crippen molar-refractivity contribution >= 4 is 17.6 Å². The van der Waals surface area contributed by atoms with Crippen LogP contribution in [0.15, 0.2) is 36.4 Å². The van der Waals surface area contributed by atoms with Crippen LogP contribution in [0.3, 0.4) is 0 Å². The molecule has 2 aromatic rings. The number of rotatable bonds is 6. The van der Waals surface area contributed by atoms with E-state index in [1.807, 2.05) is 26.8 Å². The van der Waals surface area contributed by atoms with E-state index in [2.05, 4.69) is 11.4 Å². The average molecular weight is 355 g/mol. The SMILES string of the molecule is CCOC(=O)c1ccc(NC(=O)C(C)Oc2cc(C)cc(C)c2C)cc1. The fraction of sp³-hybridized carbons (Fsp3) is 0.333. The molecule has 26 heavy (non-hydrogen) atoms. The first kappa shape index (κ1) is 19.5. The number of amides is 1. The van der Waals surface area contributed by atoms with Crippen LogP contribution in [-0.2, 0) is 9.53 Å². The van der Waals surface area contributed by atoms with E-state index in [1.165, 1.54) is 0 Å². The van der Waals surface area contributed by atoms with Crippen molar-refractivity contribution in [2.45, 2.75) is 40.7 Å². The summed E-state index contributed by atoms with van der Waals surface area (Å²) in [5.74, 6) is 0.0719. The van der Waals surface area contributed by atoms with Gasteiger partial charge >= 0.3 is 5.97 Å². The van der Waals surface area contributed by atoms with Gasteiger partial charge in [-0.15, -0.1) is 0 Å². The van der Waals surface area contributed by atoms with E-state index in [9.17, 15) is 9.59 Å². The van der Waals surface area contributed by atoms with Crippen LogP contribution in [0.25, 0.3) is 0 Å². The molecule has 0 heterocycles. The molecule has 0 spiro atoms. The zero-order valence-corrected chi connectivity index (χ0v) is 15.9. The van der Waals surface area contributed by atoms with Gasteiger partial charge in [0.1, 0.15) is 5.75 Å². The molecule has 5 heteroatoms.